The van der Waals surface area contributed by atoms with E-state index in [1.54, 1.807) is 30.5 Å². The van der Waals surface area contributed by atoms with Crippen LogP contribution in [0.3, 0.4) is 0 Å². The van der Waals surface area contributed by atoms with Crippen LogP contribution < -0.4 is 25.8 Å². The van der Waals surface area contributed by atoms with E-state index in [0.29, 0.717) is 51.4 Å². The number of aromatic nitrogens is 3. The number of aryl methyl sites for hydroxylation is 1. The zero-order valence-electron chi connectivity index (χ0n) is 23.7. The van der Waals surface area contributed by atoms with E-state index < -0.39 is 5.91 Å². The van der Waals surface area contributed by atoms with Crippen LogP contribution in [0.25, 0.3) is 10.9 Å². The van der Waals surface area contributed by atoms with Gasteiger partial charge in [-0.25, -0.2) is 19.9 Å². The standard InChI is InChI=1S/C29H27N7O4.C2H6/c1-18-12-20(5-6-25(18)40-21-8-9-31-27(13-21)32-16-30)35-29-22-14-24(36-28(38)7-4-19-2-3-19)26(39-11-10-37)15-23(22)33-17-34-29;1-2/h5-6,8-9,12-17,19,37H,2-3,10-11H2,1H3,(H,36,38)(H2,30,31,32)(H,33,34,35);1-2H3. The molecule has 0 aliphatic heterocycles. The van der Waals surface area contributed by atoms with Crippen LogP contribution in [0.1, 0.15) is 32.3 Å². The van der Waals surface area contributed by atoms with Crippen molar-refractivity contribution < 1.29 is 19.4 Å². The van der Waals surface area contributed by atoms with Gasteiger partial charge in [0.2, 0.25) is 0 Å². The highest BCUT2D eigenvalue weighted by molar-refractivity contribution is 6.06. The Morgan fingerprint density at radius 3 is 2.71 bits per heavy atom. The van der Waals surface area contributed by atoms with Crippen molar-refractivity contribution in [2.24, 2.45) is 16.6 Å². The number of aliphatic hydroxyl groups excluding tert-OH is 1. The van der Waals surface area contributed by atoms with Gasteiger partial charge in [-0.05, 0) is 61.6 Å². The third-order valence-electron chi connectivity index (χ3n) is 5.89. The summed E-state index contributed by atoms with van der Waals surface area (Å²) in [5, 5.41) is 16.0. The average molecular weight is 568 g/mol. The molecular formula is C31H33N7O4. The third kappa shape index (κ3) is 7.93. The van der Waals surface area contributed by atoms with E-state index in [9.17, 15) is 9.90 Å². The summed E-state index contributed by atoms with van der Waals surface area (Å²) in [5.41, 5.74) is 8.01. The summed E-state index contributed by atoms with van der Waals surface area (Å²) in [6.45, 7) is 5.82. The Morgan fingerprint density at radius 1 is 1.14 bits per heavy atom. The van der Waals surface area contributed by atoms with Gasteiger partial charge < -0.3 is 30.9 Å². The summed E-state index contributed by atoms with van der Waals surface area (Å²) in [6.07, 6.45) is 6.26. The first-order chi connectivity index (χ1) is 20.5. The van der Waals surface area contributed by atoms with Crippen molar-refractivity contribution in [1.29, 1.82) is 0 Å². The molecule has 0 saturated heterocycles. The molecule has 216 valence electrons. The van der Waals surface area contributed by atoms with Gasteiger partial charge in [-0.3, -0.25) is 4.79 Å². The molecule has 11 heteroatoms. The molecule has 5 rings (SSSR count). The number of benzene rings is 2. The lowest BCUT2D eigenvalue weighted by Gasteiger charge is -2.15. The van der Waals surface area contributed by atoms with Gasteiger partial charge in [-0.2, -0.15) is 0 Å². The quantitative estimate of drug-likeness (QED) is 0.121. The average Bonchev–Trinajstić information content (AvgIpc) is 3.83. The maximum atomic E-state index is 12.5. The number of nitrogens with two attached hydrogens (primary N) is 1. The van der Waals surface area contributed by atoms with Crippen LogP contribution in [0.2, 0.25) is 0 Å². The summed E-state index contributed by atoms with van der Waals surface area (Å²) >= 11 is 0. The Balaban J connectivity index is 0.00000198. The van der Waals surface area contributed by atoms with Crippen molar-refractivity contribution in [3.8, 4) is 29.1 Å². The van der Waals surface area contributed by atoms with Gasteiger partial charge in [-0.15, -0.1) is 0 Å². The number of aliphatic imine (C=N–C) groups is 1. The molecule has 5 N–H and O–H groups in total. The highest BCUT2D eigenvalue weighted by atomic mass is 16.5. The molecular weight excluding hydrogens is 534 g/mol. The molecule has 2 heterocycles. The van der Waals surface area contributed by atoms with E-state index in [0.717, 1.165) is 24.1 Å². The van der Waals surface area contributed by atoms with Crippen molar-refractivity contribution in [2.45, 2.75) is 33.6 Å². The first kappa shape index (κ1) is 29.8. The van der Waals surface area contributed by atoms with E-state index in [-0.39, 0.29) is 13.2 Å². The molecule has 42 heavy (non-hydrogen) atoms. The number of nitrogens with zero attached hydrogens (tertiary/aromatic N) is 4. The number of hydrogen-bond donors (Lipinski definition) is 4. The summed E-state index contributed by atoms with van der Waals surface area (Å²) in [6, 6.07) is 12.5. The fraction of sp³-hybridized carbons (Fsp3) is 0.258. The number of pyridine rings is 1. The first-order valence-corrected chi connectivity index (χ1v) is 13.6. The van der Waals surface area contributed by atoms with Gasteiger partial charge in [-0.1, -0.05) is 19.8 Å². The van der Waals surface area contributed by atoms with Crippen molar-refractivity contribution in [3.63, 3.8) is 0 Å². The molecule has 0 spiro atoms. The Labute approximate surface area is 244 Å². The second kappa shape index (κ2) is 14.4. The molecule has 0 unspecified atom stereocenters. The minimum absolute atomic E-state index is 0.0626. The number of nitrogens with one attached hydrogen (secondary N) is 2. The predicted molar refractivity (Wildman–Crippen MR) is 164 cm³/mol. The molecule has 4 aromatic rings. The van der Waals surface area contributed by atoms with Gasteiger partial charge in [0.1, 0.15) is 36.0 Å². The SMILES string of the molecule is CC.Cc1cc(Nc2ncnc3cc(OCCO)c(NC(=O)C#CC4CC4)cc23)ccc1Oc1ccnc(N=CN)c1. The van der Waals surface area contributed by atoms with Crippen molar-refractivity contribution >= 4 is 46.2 Å². The van der Waals surface area contributed by atoms with Gasteiger partial charge in [0.25, 0.3) is 5.91 Å². The largest absolute Gasteiger partial charge is 0.489 e. The van der Waals surface area contributed by atoms with Crippen LogP contribution >= 0.6 is 0 Å². The van der Waals surface area contributed by atoms with E-state index in [1.165, 1.54) is 12.7 Å². The lowest BCUT2D eigenvalue weighted by atomic mass is 10.1. The zero-order valence-corrected chi connectivity index (χ0v) is 23.7. The number of amides is 1. The number of anilines is 3. The molecule has 1 aliphatic rings. The number of hydrogen-bond acceptors (Lipinski definition) is 9. The van der Waals surface area contributed by atoms with Crippen molar-refractivity contribution in [1.82, 2.24) is 15.0 Å². The van der Waals surface area contributed by atoms with E-state index in [1.807, 2.05) is 39.0 Å². The Bertz CT molecular complexity index is 1640. The highest BCUT2D eigenvalue weighted by Gasteiger charge is 2.19. The molecule has 1 fully saturated rings. The predicted octanol–water partition coefficient (Wildman–Crippen LogP) is 5.24. The van der Waals surface area contributed by atoms with E-state index in [4.69, 9.17) is 15.2 Å². The van der Waals surface area contributed by atoms with Gasteiger partial charge in [0.15, 0.2) is 5.82 Å². The molecule has 1 amide bonds. The van der Waals surface area contributed by atoms with Crippen LogP contribution in [0, 0.1) is 24.7 Å². The second-order valence-electron chi connectivity index (χ2n) is 8.99. The number of rotatable bonds is 9. The molecule has 2 aromatic carbocycles. The molecule has 11 nitrogen and oxygen atoms in total. The smallest absolute Gasteiger partial charge is 0.300 e. The molecule has 0 radical (unpaired) electrons. The number of carbonyl (C=O) groups is 1. The highest BCUT2D eigenvalue weighted by Crippen LogP contribution is 2.35. The Morgan fingerprint density at radius 2 is 1.98 bits per heavy atom. The molecule has 0 bridgehead atoms. The maximum Gasteiger partial charge on any atom is 0.300 e. The normalized spacial score (nSPS) is 12.1. The van der Waals surface area contributed by atoms with Crippen LogP contribution in [0.4, 0.5) is 23.0 Å². The molecule has 0 atom stereocenters. The molecule has 2 aromatic heterocycles. The summed E-state index contributed by atoms with van der Waals surface area (Å²) in [4.78, 5) is 29.3. The third-order valence-corrected chi connectivity index (χ3v) is 5.89. The van der Waals surface area contributed by atoms with Gasteiger partial charge >= 0.3 is 0 Å². The summed E-state index contributed by atoms with van der Waals surface area (Å²) < 4.78 is 11.7. The van der Waals surface area contributed by atoms with Gasteiger partial charge in [0, 0.05) is 35.3 Å². The molecule has 1 aliphatic carbocycles. The summed E-state index contributed by atoms with van der Waals surface area (Å²) in [5.74, 6) is 8.04. The summed E-state index contributed by atoms with van der Waals surface area (Å²) in [7, 11) is 0. The minimum Gasteiger partial charge on any atom is -0.489 e. The van der Waals surface area contributed by atoms with Gasteiger partial charge in [0.05, 0.1) is 24.1 Å². The van der Waals surface area contributed by atoms with Crippen LogP contribution in [-0.4, -0.2) is 45.5 Å². The van der Waals surface area contributed by atoms with Crippen LogP contribution in [-0.2, 0) is 4.79 Å². The van der Waals surface area contributed by atoms with Crippen molar-refractivity contribution in [2.75, 3.05) is 23.8 Å². The Kier molecular flexibility index (Phi) is 10.2. The molecule has 1 saturated carbocycles. The maximum absolute atomic E-state index is 12.5. The Hall–Kier alpha value is -5.21. The minimum atomic E-state index is -0.436. The fourth-order valence-corrected chi connectivity index (χ4v) is 3.82. The number of aliphatic hydroxyl groups is 1. The topological polar surface area (TPSA) is 157 Å². The van der Waals surface area contributed by atoms with Crippen LogP contribution in [0.5, 0.6) is 17.2 Å². The van der Waals surface area contributed by atoms with E-state index >= 15 is 0 Å². The monoisotopic (exact) mass is 567 g/mol. The zero-order chi connectivity index (χ0) is 29.9. The lowest BCUT2D eigenvalue weighted by Crippen LogP contribution is -2.12. The second-order valence-corrected chi connectivity index (χ2v) is 8.99. The van der Waals surface area contributed by atoms with E-state index in [2.05, 4.69) is 42.4 Å². The number of ether oxygens (including phenoxy) is 2. The first-order valence-electron chi connectivity index (χ1n) is 13.6. The van der Waals surface area contributed by atoms with Crippen molar-refractivity contribution in [3.05, 3.63) is 60.6 Å². The lowest BCUT2D eigenvalue weighted by molar-refractivity contribution is -0.111. The fourth-order valence-electron chi connectivity index (χ4n) is 3.82. The number of fused-ring (bicyclic) bond motifs is 1. The van der Waals surface area contributed by atoms with Crippen LogP contribution in [0.15, 0.2) is 60.0 Å². The number of carbonyl (C=O) groups excluding carboxylic acids is 1.